The molecule has 1 aromatic rings. The topological polar surface area (TPSA) is 30.5 Å². The lowest BCUT2D eigenvalue weighted by Gasteiger charge is -2.28. The summed E-state index contributed by atoms with van der Waals surface area (Å²) in [5.74, 6) is 0.108. The van der Waals surface area contributed by atoms with Crippen LogP contribution in [0, 0.1) is 11.7 Å². The van der Waals surface area contributed by atoms with Crippen molar-refractivity contribution in [2.45, 2.75) is 24.5 Å². The Morgan fingerprint density at radius 1 is 1.47 bits per heavy atom. The molecule has 0 aromatic heterocycles. The molecule has 2 aliphatic rings. The lowest BCUT2D eigenvalue weighted by molar-refractivity contribution is 0.0271. The number of rotatable bonds is 2. The highest BCUT2D eigenvalue weighted by atomic mass is 19.1. The number of ether oxygens (including phenoxy) is 1. The van der Waals surface area contributed by atoms with Crippen LogP contribution in [0.5, 0.6) is 0 Å². The molecule has 1 aromatic carbocycles. The van der Waals surface area contributed by atoms with Crippen LogP contribution < -0.4 is 5.48 Å². The number of hydroxylamine groups is 1. The first-order valence-electron chi connectivity index (χ1n) is 5.93. The Morgan fingerprint density at radius 3 is 3.06 bits per heavy atom. The number of hydrogen-bond donors (Lipinski definition) is 1. The van der Waals surface area contributed by atoms with Crippen LogP contribution in [0.15, 0.2) is 24.3 Å². The van der Waals surface area contributed by atoms with Gasteiger partial charge in [0.15, 0.2) is 0 Å². The van der Waals surface area contributed by atoms with Crippen molar-refractivity contribution in [3.05, 3.63) is 35.6 Å². The van der Waals surface area contributed by atoms with E-state index < -0.39 is 5.54 Å². The van der Waals surface area contributed by atoms with E-state index in [4.69, 9.17) is 9.57 Å². The van der Waals surface area contributed by atoms with Gasteiger partial charge in [0.2, 0.25) is 0 Å². The van der Waals surface area contributed by atoms with Crippen LogP contribution in [-0.2, 0) is 15.1 Å². The van der Waals surface area contributed by atoms with Gasteiger partial charge in [-0.2, -0.15) is 5.48 Å². The fraction of sp³-hybridized carbons (Fsp3) is 0.538. The molecule has 4 heteroatoms. The fourth-order valence-corrected chi connectivity index (χ4v) is 3.12. The van der Waals surface area contributed by atoms with Crippen molar-refractivity contribution >= 4 is 0 Å². The third-order valence-electron chi connectivity index (χ3n) is 4.02. The van der Waals surface area contributed by atoms with Crippen molar-refractivity contribution in [3.63, 3.8) is 0 Å². The second-order valence-corrected chi connectivity index (χ2v) is 4.86. The molecule has 92 valence electrons. The maximum atomic E-state index is 14.0. The van der Waals surface area contributed by atoms with Gasteiger partial charge in [-0.25, -0.2) is 4.39 Å². The van der Waals surface area contributed by atoms with Crippen molar-refractivity contribution in [1.29, 1.82) is 0 Å². The van der Waals surface area contributed by atoms with Crippen LogP contribution in [0.25, 0.3) is 0 Å². The van der Waals surface area contributed by atoms with E-state index in [2.05, 4.69) is 5.48 Å². The van der Waals surface area contributed by atoms with E-state index >= 15 is 0 Å². The Hall–Kier alpha value is -0.970. The van der Waals surface area contributed by atoms with Gasteiger partial charge in [-0.15, -0.1) is 0 Å². The monoisotopic (exact) mass is 237 g/mol. The van der Waals surface area contributed by atoms with E-state index in [-0.39, 0.29) is 17.8 Å². The molecule has 1 heterocycles. The van der Waals surface area contributed by atoms with E-state index in [1.165, 1.54) is 6.07 Å². The molecule has 0 bridgehead atoms. The van der Waals surface area contributed by atoms with Crippen LogP contribution in [0.1, 0.15) is 18.4 Å². The van der Waals surface area contributed by atoms with Gasteiger partial charge in [0.1, 0.15) is 5.82 Å². The molecule has 1 aliphatic carbocycles. The minimum Gasteiger partial charge on any atom is -0.381 e. The minimum absolute atomic E-state index is 0.174. The van der Waals surface area contributed by atoms with Gasteiger partial charge >= 0.3 is 0 Å². The average molecular weight is 237 g/mol. The van der Waals surface area contributed by atoms with E-state index in [0.29, 0.717) is 12.2 Å². The zero-order valence-electron chi connectivity index (χ0n) is 9.78. The van der Waals surface area contributed by atoms with Crippen molar-refractivity contribution < 1.29 is 14.0 Å². The van der Waals surface area contributed by atoms with E-state index in [1.54, 1.807) is 13.2 Å². The Kier molecular flexibility index (Phi) is 2.65. The Balaban J connectivity index is 2.02. The van der Waals surface area contributed by atoms with E-state index in [9.17, 15) is 4.39 Å². The summed E-state index contributed by atoms with van der Waals surface area (Å²) >= 11 is 0. The Labute approximate surface area is 99.9 Å². The first-order chi connectivity index (χ1) is 8.26. The zero-order valence-corrected chi connectivity index (χ0v) is 9.78. The Bertz CT molecular complexity index is 426. The summed E-state index contributed by atoms with van der Waals surface area (Å²) in [6.45, 7) is 0.619. The van der Waals surface area contributed by atoms with Crippen molar-refractivity contribution in [2.24, 2.45) is 5.92 Å². The molecule has 0 radical (unpaired) electrons. The van der Waals surface area contributed by atoms with Gasteiger partial charge < -0.3 is 9.57 Å². The minimum atomic E-state index is -0.411. The molecule has 3 rings (SSSR count). The highest BCUT2D eigenvalue weighted by Crippen LogP contribution is 2.48. The van der Waals surface area contributed by atoms with Crippen LogP contribution in [0.2, 0.25) is 0 Å². The normalized spacial score (nSPS) is 36.1. The summed E-state index contributed by atoms with van der Waals surface area (Å²) in [4.78, 5) is 5.34. The lowest BCUT2D eigenvalue weighted by atomic mass is 9.82. The number of fused-ring (bicyclic) bond motifs is 1. The van der Waals surface area contributed by atoms with Crippen LogP contribution >= 0.6 is 0 Å². The Morgan fingerprint density at radius 2 is 2.29 bits per heavy atom. The molecule has 0 spiro atoms. The predicted octanol–water partition coefficient (Wildman–Crippen LogP) is 1.98. The molecule has 0 unspecified atom stereocenters. The van der Waals surface area contributed by atoms with Gasteiger partial charge in [-0.05, 0) is 18.9 Å². The molecule has 1 saturated carbocycles. The van der Waals surface area contributed by atoms with E-state index in [1.807, 2.05) is 12.1 Å². The second kappa shape index (κ2) is 4.05. The van der Waals surface area contributed by atoms with Gasteiger partial charge in [0.05, 0.1) is 18.2 Å². The standard InChI is InChI=1S/C13H16FNO2/c1-16-10-6-9-8-17-15-13(9,7-10)11-4-2-3-5-12(11)14/h2-5,9-10,15H,6-8H2,1H3/t9-,10+,13-/m0/s1. The van der Waals surface area contributed by atoms with Gasteiger partial charge in [-0.3, -0.25) is 0 Å². The number of methoxy groups -OCH3 is 1. The molecule has 1 aliphatic heterocycles. The first kappa shape index (κ1) is 11.1. The SMILES string of the molecule is CO[C@@H]1C[C@H]2CON[C@@]2(c2ccccc2F)C1. The molecular formula is C13H16FNO2. The molecule has 17 heavy (non-hydrogen) atoms. The van der Waals surface area contributed by atoms with Gasteiger partial charge in [0.25, 0.3) is 0 Å². The number of hydrogen-bond acceptors (Lipinski definition) is 3. The highest BCUT2D eigenvalue weighted by molar-refractivity contribution is 5.30. The van der Waals surface area contributed by atoms with E-state index in [0.717, 1.165) is 12.8 Å². The quantitative estimate of drug-likeness (QED) is 0.853. The van der Waals surface area contributed by atoms with Crippen LogP contribution in [0.4, 0.5) is 4.39 Å². The largest absolute Gasteiger partial charge is 0.381 e. The first-order valence-corrected chi connectivity index (χ1v) is 5.93. The van der Waals surface area contributed by atoms with Crippen LogP contribution in [-0.4, -0.2) is 19.8 Å². The van der Waals surface area contributed by atoms with Gasteiger partial charge in [-0.1, -0.05) is 18.2 Å². The third-order valence-corrected chi connectivity index (χ3v) is 4.02. The van der Waals surface area contributed by atoms with Crippen molar-refractivity contribution in [3.8, 4) is 0 Å². The summed E-state index contributed by atoms with van der Waals surface area (Å²) in [6, 6.07) is 6.91. The second-order valence-electron chi connectivity index (χ2n) is 4.86. The summed E-state index contributed by atoms with van der Waals surface area (Å²) < 4.78 is 19.4. The van der Waals surface area contributed by atoms with Crippen molar-refractivity contribution in [1.82, 2.24) is 5.48 Å². The van der Waals surface area contributed by atoms with Crippen molar-refractivity contribution in [2.75, 3.05) is 13.7 Å². The zero-order chi connectivity index (χ0) is 11.9. The smallest absolute Gasteiger partial charge is 0.128 e. The molecule has 3 nitrogen and oxygen atoms in total. The summed E-state index contributed by atoms with van der Waals surface area (Å²) in [5, 5.41) is 0. The number of nitrogens with one attached hydrogen (secondary N) is 1. The summed E-state index contributed by atoms with van der Waals surface area (Å²) in [7, 11) is 1.71. The predicted molar refractivity (Wildman–Crippen MR) is 60.7 cm³/mol. The molecule has 3 atom stereocenters. The van der Waals surface area contributed by atoms with Crippen LogP contribution in [0.3, 0.4) is 0 Å². The molecule has 0 amide bonds. The summed E-state index contributed by atoms with van der Waals surface area (Å²) in [5.41, 5.74) is 3.32. The number of halogens is 1. The summed E-state index contributed by atoms with van der Waals surface area (Å²) in [6.07, 6.45) is 1.85. The molecular weight excluding hydrogens is 221 g/mol. The molecule has 2 fully saturated rings. The average Bonchev–Trinajstić information content (AvgIpc) is 2.86. The van der Waals surface area contributed by atoms with Gasteiger partial charge in [0, 0.05) is 18.6 Å². The highest BCUT2D eigenvalue weighted by Gasteiger charge is 2.53. The lowest BCUT2D eigenvalue weighted by Crippen LogP contribution is -2.39. The molecule has 1 N–H and O–H groups in total. The fourth-order valence-electron chi connectivity index (χ4n) is 3.12. The maximum absolute atomic E-state index is 14.0. The third kappa shape index (κ3) is 1.59. The maximum Gasteiger partial charge on any atom is 0.128 e. The number of benzene rings is 1. The molecule has 1 saturated heterocycles.